The molecular weight excluding hydrogens is 250 g/mol. The van der Waals surface area contributed by atoms with E-state index >= 15 is 0 Å². The maximum Gasteiger partial charge on any atom is 0.338 e. The van der Waals surface area contributed by atoms with Crippen LogP contribution in [0.2, 0.25) is 0 Å². The Hall–Kier alpha value is -2.44. The molecule has 0 atom stereocenters. The highest BCUT2D eigenvalue weighted by molar-refractivity contribution is 6.05. The standard InChI is InChI=1S/C12H15N3O4/c1-3-15(2)10(16)7-14-11(17)8-4-5-13-6-9(8)12(18)19/h4-6H,3,7H2,1-2H3,(H,14,17)(H,18,19). The monoisotopic (exact) mass is 265 g/mol. The molecule has 0 aliphatic carbocycles. The van der Waals surface area contributed by atoms with Gasteiger partial charge in [0.25, 0.3) is 5.91 Å². The number of carboxylic acid groups (broad SMARTS) is 1. The maximum absolute atomic E-state index is 11.8. The average Bonchev–Trinajstić information content (AvgIpc) is 2.43. The zero-order chi connectivity index (χ0) is 14.4. The van der Waals surface area contributed by atoms with Crippen LogP contribution in [0.1, 0.15) is 27.6 Å². The zero-order valence-corrected chi connectivity index (χ0v) is 10.7. The van der Waals surface area contributed by atoms with Crippen molar-refractivity contribution in [1.82, 2.24) is 15.2 Å². The van der Waals surface area contributed by atoms with Crippen LogP contribution in [0.3, 0.4) is 0 Å². The van der Waals surface area contributed by atoms with Crippen LogP contribution in [0, 0.1) is 0 Å². The Balaban J connectivity index is 2.74. The van der Waals surface area contributed by atoms with E-state index in [9.17, 15) is 14.4 Å². The number of nitrogens with one attached hydrogen (secondary N) is 1. The van der Waals surface area contributed by atoms with Crippen molar-refractivity contribution in [1.29, 1.82) is 0 Å². The van der Waals surface area contributed by atoms with Gasteiger partial charge in [0.1, 0.15) is 0 Å². The van der Waals surface area contributed by atoms with Crippen LogP contribution in [0.4, 0.5) is 0 Å². The van der Waals surface area contributed by atoms with Crippen molar-refractivity contribution in [3.8, 4) is 0 Å². The number of carbonyl (C=O) groups excluding carboxylic acids is 2. The van der Waals surface area contributed by atoms with E-state index in [-0.39, 0.29) is 23.6 Å². The molecule has 0 unspecified atom stereocenters. The van der Waals surface area contributed by atoms with Gasteiger partial charge in [-0.1, -0.05) is 0 Å². The number of carbonyl (C=O) groups is 3. The molecule has 7 nitrogen and oxygen atoms in total. The number of hydrogen-bond acceptors (Lipinski definition) is 4. The Morgan fingerprint density at radius 2 is 2.05 bits per heavy atom. The molecule has 0 aromatic carbocycles. The predicted molar refractivity (Wildman–Crippen MR) is 66.8 cm³/mol. The van der Waals surface area contributed by atoms with E-state index in [0.717, 1.165) is 6.20 Å². The van der Waals surface area contributed by atoms with E-state index < -0.39 is 11.9 Å². The van der Waals surface area contributed by atoms with Gasteiger partial charge in [0.15, 0.2) is 0 Å². The highest BCUT2D eigenvalue weighted by atomic mass is 16.4. The molecule has 0 spiro atoms. The summed E-state index contributed by atoms with van der Waals surface area (Å²) in [5.41, 5.74) is -0.217. The normalized spacial score (nSPS) is 9.79. The lowest BCUT2D eigenvalue weighted by Gasteiger charge is -2.14. The van der Waals surface area contributed by atoms with Crippen molar-refractivity contribution < 1.29 is 19.5 Å². The van der Waals surface area contributed by atoms with Crippen molar-refractivity contribution in [3.63, 3.8) is 0 Å². The van der Waals surface area contributed by atoms with Crippen LogP contribution < -0.4 is 5.32 Å². The number of pyridine rings is 1. The SMILES string of the molecule is CCN(C)C(=O)CNC(=O)c1ccncc1C(=O)O. The van der Waals surface area contributed by atoms with E-state index in [1.54, 1.807) is 7.05 Å². The van der Waals surface area contributed by atoms with Gasteiger partial charge in [0.2, 0.25) is 5.91 Å². The van der Waals surface area contributed by atoms with Crippen LogP contribution in [-0.4, -0.2) is 52.9 Å². The van der Waals surface area contributed by atoms with Gasteiger partial charge in [-0.25, -0.2) is 4.79 Å². The minimum Gasteiger partial charge on any atom is -0.478 e. The summed E-state index contributed by atoms with van der Waals surface area (Å²) in [7, 11) is 1.61. The van der Waals surface area contributed by atoms with Crippen LogP contribution in [-0.2, 0) is 4.79 Å². The fraction of sp³-hybridized carbons (Fsp3) is 0.333. The summed E-state index contributed by atoms with van der Waals surface area (Å²) in [6.45, 7) is 2.17. The third kappa shape index (κ3) is 3.77. The molecule has 0 saturated heterocycles. The molecule has 0 fully saturated rings. The molecule has 1 rings (SSSR count). The number of likely N-dealkylation sites (N-methyl/N-ethyl adjacent to an activating group) is 1. The third-order valence-electron chi connectivity index (χ3n) is 2.60. The number of rotatable bonds is 5. The van der Waals surface area contributed by atoms with E-state index in [1.807, 2.05) is 6.92 Å². The molecule has 0 saturated carbocycles. The lowest BCUT2D eigenvalue weighted by atomic mass is 10.1. The third-order valence-corrected chi connectivity index (χ3v) is 2.60. The van der Waals surface area contributed by atoms with Crippen molar-refractivity contribution >= 4 is 17.8 Å². The lowest BCUT2D eigenvalue weighted by molar-refractivity contribution is -0.128. The Morgan fingerprint density at radius 3 is 2.63 bits per heavy atom. The Morgan fingerprint density at radius 1 is 1.37 bits per heavy atom. The van der Waals surface area contributed by atoms with Crippen LogP contribution in [0.25, 0.3) is 0 Å². The second kappa shape index (κ2) is 6.48. The lowest BCUT2D eigenvalue weighted by Crippen LogP contribution is -2.38. The molecule has 7 heteroatoms. The molecule has 19 heavy (non-hydrogen) atoms. The van der Waals surface area contributed by atoms with Gasteiger partial charge < -0.3 is 15.3 Å². The second-order valence-corrected chi connectivity index (χ2v) is 3.82. The first-order chi connectivity index (χ1) is 8.97. The highest BCUT2D eigenvalue weighted by Crippen LogP contribution is 2.06. The van der Waals surface area contributed by atoms with Crippen molar-refractivity contribution in [2.75, 3.05) is 20.1 Å². The van der Waals surface area contributed by atoms with Gasteiger partial charge >= 0.3 is 5.97 Å². The van der Waals surface area contributed by atoms with Gasteiger partial charge in [-0.15, -0.1) is 0 Å². The summed E-state index contributed by atoms with van der Waals surface area (Å²) in [5, 5.41) is 11.3. The molecule has 0 aliphatic heterocycles. The minimum atomic E-state index is -1.24. The molecule has 1 aromatic rings. The van der Waals surface area contributed by atoms with Gasteiger partial charge in [-0.3, -0.25) is 14.6 Å². The van der Waals surface area contributed by atoms with E-state index in [2.05, 4.69) is 10.3 Å². The van der Waals surface area contributed by atoms with Gasteiger partial charge in [0.05, 0.1) is 17.7 Å². The van der Waals surface area contributed by atoms with Crippen LogP contribution >= 0.6 is 0 Å². The Labute approximate surface area is 110 Å². The number of amides is 2. The van der Waals surface area contributed by atoms with Crippen molar-refractivity contribution in [2.45, 2.75) is 6.92 Å². The van der Waals surface area contributed by atoms with Crippen molar-refractivity contribution in [2.24, 2.45) is 0 Å². The molecule has 2 amide bonds. The number of hydrogen-bond donors (Lipinski definition) is 2. The van der Waals surface area contributed by atoms with Crippen LogP contribution in [0.5, 0.6) is 0 Å². The second-order valence-electron chi connectivity index (χ2n) is 3.82. The topological polar surface area (TPSA) is 99.6 Å². The van der Waals surface area contributed by atoms with Crippen LogP contribution in [0.15, 0.2) is 18.5 Å². The largest absolute Gasteiger partial charge is 0.478 e. The smallest absolute Gasteiger partial charge is 0.338 e. The van der Waals surface area contributed by atoms with Gasteiger partial charge in [-0.2, -0.15) is 0 Å². The van der Waals surface area contributed by atoms with E-state index in [1.165, 1.54) is 17.2 Å². The summed E-state index contributed by atoms with van der Waals surface area (Å²) < 4.78 is 0. The molecule has 2 N–H and O–H groups in total. The fourth-order valence-electron chi connectivity index (χ4n) is 1.33. The highest BCUT2D eigenvalue weighted by Gasteiger charge is 2.17. The van der Waals surface area contributed by atoms with E-state index in [0.29, 0.717) is 6.54 Å². The van der Waals surface area contributed by atoms with Crippen molar-refractivity contribution in [3.05, 3.63) is 29.6 Å². The molecule has 1 aromatic heterocycles. The Kier molecular flexibility index (Phi) is 4.99. The minimum absolute atomic E-state index is 0.0190. The summed E-state index contributed by atoms with van der Waals surface area (Å²) in [4.78, 5) is 39.3. The molecule has 0 bridgehead atoms. The van der Waals surface area contributed by atoms with E-state index in [4.69, 9.17) is 5.11 Å². The predicted octanol–water partition coefficient (Wildman–Crippen LogP) is -0.0121. The Bertz CT molecular complexity index is 502. The first kappa shape index (κ1) is 14.6. The first-order valence-electron chi connectivity index (χ1n) is 5.66. The first-order valence-corrected chi connectivity index (χ1v) is 5.66. The number of aromatic carboxylic acids is 1. The quantitative estimate of drug-likeness (QED) is 0.780. The number of carboxylic acids is 1. The molecular formula is C12H15N3O4. The summed E-state index contributed by atoms with van der Waals surface area (Å²) in [5.74, 6) is -2.10. The summed E-state index contributed by atoms with van der Waals surface area (Å²) in [6, 6.07) is 1.30. The zero-order valence-electron chi connectivity index (χ0n) is 10.7. The summed E-state index contributed by atoms with van der Waals surface area (Å²) >= 11 is 0. The van der Waals surface area contributed by atoms with Gasteiger partial charge in [0, 0.05) is 26.0 Å². The summed E-state index contributed by atoms with van der Waals surface area (Å²) in [6.07, 6.45) is 2.42. The maximum atomic E-state index is 11.8. The number of nitrogens with zero attached hydrogens (tertiary/aromatic N) is 2. The molecule has 102 valence electrons. The molecule has 1 heterocycles. The molecule has 0 aliphatic rings. The average molecular weight is 265 g/mol. The fourth-order valence-corrected chi connectivity index (χ4v) is 1.33. The van der Waals surface area contributed by atoms with Gasteiger partial charge in [-0.05, 0) is 13.0 Å². The molecule has 0 radical (unpaired) electrons. The number of aromatic nitrogens is 1.